The Morgan fingerprint density at radius 1 is 0.373 bits per heavy atom. The van der Waals surface area contributed by atoms with Crippen molar-refractivity contribution < 1.29 is 70.4 Å². The van der Waals surface area contributed by atoms with Crippen LogP contribution >= 0.6 is 0 Å². The van der Waals surface area contributed by atoms with E-state index in [1.807, 2.05) is 117 Å². The summed E-state index contributed by atoms with van der Waals surface area (Å²) in [5, 5.41) is 31.4. The van der Waals surface area contributed by atoms with Gasteiger partial charge in [0.2, 0.25) is 17.7 Å². The van der Waals surface area contributed by atoms with E-state index < -0.39 is 18.1 Å². The van der Waals surface area contributed by atoms with Gasteiger partial charge in [-0.2, -0.15) is 15.3 Å². The topological polar surface area (TPSA) is 283 Å². The third kappa shape index (κ3) is 27.2. The number of anilines is 3. The van der Waals surface area contributed by atoms with Crippen LogP contribution in [0.4, 0.5) is 30.2 Å². The number of rotatable bonds is 39. The highest BCUT2D eigenvalue weighted by molar-refractivity contribution is 5.98. The molecule has 9 rings (SSSR count). The minimum atomic E-state index is -0.421. The van der Waals surface area contributed by atoms with Crippen molar-refractivity contribution in [1.82, 2.24) is 45.3 Å². The van der Waals surface area contributed by atoms with Crippen LogP contribution in [0.1, 0.15) is 185 Å². The molecule has 6 N–H and O–H groups in total. The van der Waals surface area contributed by atoms with Gasteiger partial charge in [0.25, 0.3) is 17.7 Å². The van der Waals surface area contributed by atoms with Crippen LogP contribution in [-0.2, 0) is 27.5 Å². The molecule has 0 saturated carbocycles. The fourth-order valence-corrected chi connectivity index (χ4v) is 13.5. The van der Waals surface area contributed by atoms with Crippen molar-refractivity contribution in [3.63, 3.8) is 0 Å². The van der Waals surface area contributed by atoms with E-state index in [0.29, 0.717) is 113 Å². The van der Waals surface area contributed by atoms with Crippen LogP contribution in [0.15, 0.2) is 146 Å². The third-order valence-corrected chi connectivity index (χ3v) is 20.1. The zero-order valence-corrected chi connectivity index (χ0v) is 71.6. The Morgan fingerprint density at radius 2 is 0.653 bits per heavy atom. The van der Waals surface area contributed by atoms with Crippen LogP contribution in [0.2, 0.25) is 0 Å². The molecule has 636 valence electrons. The normalized spacial score (nSPS) is 12.4. The maximum Gasteiger partial charge on any atom is 0.272 e. The zero-order valence-electron chi connectivity index (χ0n) is 71.6. The first-order valence-electron chi connectivity index (χ1n) is 40.3. The van der Waals surface area contributed by atoms with Crippen molar-refractivity contribution in [3.05, 3.63) is 180 Å². The van der Waals surface area contributed by atoms with Crippen molar-refractivity contribution >= 4 is 52.5 Å². The van der Waals surface area contributed by atoms with E-state index in [1.165, 1.54) is 72.8 Å². The maximum absolute atomic E-state index is 13.5. The van der Waals surface area contributed by atoms with Gasteiger partial charge in [-0.3, -0.25) is 42.8 Å². The Hall–Kier alpha value is -11.6. The summed E-state index contributed by atoms with van der Waals surface area (Å²) >= 11 is 0. The smallest absolute Gasteiger partial charge is 0.272 e. The number of aromatic nitrogens is 6. The van der Waals surface area contributed by atoms with E-state index in [9.17, 15) is 41.9 Å². The molecular weight excluding hydrogens is 1510 g/mol. The number of hydrogen-bond acceptors (Lipinski definition) is 15. The third-order valence-electron chi connectivity index (χ3n) is 20.1. The highest BCUT2D eigenvalue weighted by atomic mass is 19.1. The van der Waals surface area contributed by atoms with Gasteiger partial charge >= 0.3 is 0 Å². The molecule has 24 nitrogen and oxygen atoms in total. The molecule has 0 aliphatic rings. The van der Waals surface area contributed by atoms with E-state index >= 15 is 0 Å². The molecule has 0 aliphatic carbocycles. The molecule has 3 aromatic heterocycles. The van der Waals surface area contributed by atoms with Crippen LogP contribution in [0, 0.1) is 53.0 Å². The fraction of sp³-hybridized carbons (Fsp3) is 0.440. The Balaban J connectivity index is 0.000000244. The molecule has 118 heavy (non-hydrogen) atoms. The Morgan fingerprint density at radius 3 is 0.924 bits per heavy atom. The van der Waals surface area contributed by atoms with Gasteiger partial charge in [0.1, 0.15) is 51.9 Å². The lowest BCUT2D eigenvalue weighted by atomic mass is 10.0. The minimum absolute atomic E-state index is 0.0240. The van der Waals surface area contributed by atoms with Gasteiger partial charge in [0.05, 0.1) is 82.5 Å². The van der Waals surface area contributed by atoms with Crippen molar-refractivity contribution in [2.45, 2.75) is 185 Å². The van der Waals surface area contributed by atoms with E-state index in [-0.39, 0.29) is 119 Å². The molecule has 0 aliphatic heterocycles. The van der Waals surface area contributed by atoms with E-state index in [0.717, 1.165) is 36.1 Å². The highest BCUT2D eigenvalue weighted by Crippen LogP contribution is 2.43. The molecule has 27 heteroatoms. The number of benzene rings is 6. The van der Waals surface area contributed by atoms with Crippen molar-refractivity contribution in [3.8, 4) is 68.3 Å². The van der Waals surface area contributed by atoms with Crippen LogP contribution < -0.4 is 60.3 Å². The molecule has 5 atom stereocenters. The first-order chi connectivity index (χ1) is 56.4. The molecule has 2 unspecified atom stereocenters. The second kappa shape index (κ2) is 45.8. The Kier molecular flexibility index (Phi) is 36.3. The first-order valence-corrected chi connectivity index (χ1v) is 40.3. The standard InChI is InChI=1S/C31H41FN4O4.2C30H39FN4O4/c1-7-21(8-2)19-36-26(30-27(39-5)10-9-11-28(30)40-6)18-25(35-36)31(38)34-24(16-20(3)4)17-29(37)33-23-14-12-22(32)13-15-23;1-18(2)15-23(16-28(36)32-22-13-11-21(31)12-14-22)33-30(37)24-17-25(35(34-24)20(5)19(3)4)29-26(38-6)9-8-10-27(29)39-7;1-7-20(4)18-35-25(29-26(38-5)9-8-10-27(29)39-6)17-24(34-35)30(37)33-23(15-19(2)3)16-28(36)32-22-13-11-21(31)12-14-22/h9-15,18,20-21,24H,7-8,16-17,19H2,1-6H3,(H,33,37)(H,34,38);8-14,17-20,23H,15-16H2,1-7H3,(H,32,36)(H,33,37);8-14,17,19-20,23H,7,15-16,18H2,1-6H3,(H,32,36)(H,33,37)/t24-;2*20?,23-/m000/s1. The summed E-state index contributed by atoms with van der Waals surface area (Å²) in [6.07, 6.45) is 4.90. The van der Waals surface area contributed by atoms with Crippen LogP contribution in [0.25, 0.3) is 33.8 Å². The maximum atomic E-state index is 13.5. The molecule has 0 saturated heterocycles. The van der Waals surface area contributed by atoms with Gasteiger partial charge < -0.3 is 60.3 Å². The van der Waals surface area contributed by atoms with Gasteiger partial charge in [0, 0.05) is 67.5 Å². The molecule has 0 radical (unpaired) electrons. The zero-order chi connectivity index (χ0) is 86.4. The molecule has 6 amide bonds. The first kappa shape index (κ1) is 93.5. The molecular formula is C91H119F3N12O12. The molecule has 0 spiro atoms. The van der Waals surface area contributed by atoms with Gasteiger partial charge in [0.15, 0.2) is 17.1 Å². The van der Waals surface area contributed by atoms with E-state index in [4.69, 9.17) is 38.6 Å². The average Bonchev–Trinajstić information content (AvgIpc) is 1.63. The van der Waals surface area contributed by atoms with Crippen LogP contribution in [-0.4, -0.2) is 126 Å². The second-order valence-corrected chi connectivity index (χ2v) is 31.0. The quantitative estimate of drug-likeness (QED) is 0.0209. The summed E-state index contributed by atoms with van der Waals surface area (Å²) in [6, 6.07) is 37.3. The molecule has 0 bridgehead atoms. The van der Waals surface area contributed by atoms with Gasteiger partial charge in [-0.15, -0.1) is 0 Å². The molecule has 9 aromatic rings. The number of amides is 6. The summed E-state index contributed by atoms with van der Waals surface area (Å²) in [5.74, 6) is 2.28. The Bertz CT molecular complexity index is 4660. The lowest BCUT2D eigenvalue weighted by molar-refractivity contribution is -0.117. The summed E-state index contributed by atoms with van der Waals surface area (Å²) in [7, 11) is 9.56. The van der Waals surface area contributed by atoms with Crippen LogP contribution in [0.5, 0.6) is 34.5 Å². The molecule has 0 fully saturated rings. The highest BCUT2D eigenvalue weighted by Gasteiger charge is 2.31. The predicted octanol–water partition coefficient (Wildman–Crippen LogP) is 18.3. The average molecular weight is 1630 g/mol. The summed E-state index contributed by atoms with van der Waals surface area (Å²) in [6.45, 7) is 28.2. The number of carbonyl (C=O) groups excluding carboxylic acids is 6. The molecule has 6 aromatic carbocycles. The number of nitrogens with zero attached hydrogens (tertiary/aromatic N) is 6. The number of carbonyl (C=O) groups is 6. The van der Waals surface area contributed by atoms with E-state index in [1.54, 1.807) is 60.9 Å². The summed E-state index contributed by atoms with van der Waals surface area (Å²) in [5.41, 5.74) is 6.50. The number of hydrogen-bond donors (Lipinski definition) is 6. The largest absolute Gasteiger partial charge is 0.496 e. The lowest BCUT2D eigenvalue weighted by Gasteiger charge is -2.21. The fourth-order valence-electron chi connectivity index (χ4n) is 13.5. The number of ether oxygens (including phenoxy) is 6. The lowest BCUT2D eigenvalue weighted by Crippen LogP contribution is -2.38. The summed E-state index contributed by atoms with van der Waals surface area (Å²) < 4.78 is 79.0. The summed E-state index contributed by atoms with van der Waals surface area (Å²) in [4.78, 5) is 78.7. The van der Waals surface area contributed by atoms with E-state index in [2.05, 4.69) is 78.5 Å². The minimum Gasteiger partial charge on any atom is -0.496 e. The van der Waals surface area contributed by atoms with Gasteiger partial charge in [-0.1, -0.05) is 121 Å². The number of methoxy groups -OCH3 is 6. The predicted molar refractivity (Wildman–Crippen MR) is 456 cm³/mol. The van der Waals surface area contributed by atoms with Crippen LogP contribution in [0.3, 0.4) is 0 Å². The Labute approximate surface area is 692 Å². The second-order valence-electron chi connectivity index (χ2n) is 31.0. The van der Waals surface area contributed by atoms with Gasteiger partial charge in [-0.05, 0) is 189 Å². The number of nitrogens with one attached hydrogen (secondary N) is 6. The van der Waals surface area contributed by atoms with Crippen molar-refractivity contribution in [2.24, 2.45) is 35.5 Å². The van der Waals surface area contributed by atoms with Crippen molar-refractivity contribution in [2.75, 3.05) is 58.6 Å². The SMILES string of the molecule is CCC(C)Cn1nc(C(=O)N[C@H](CC(=O)Nc2ccc(F)cc2)CC(C)C)cc1-c1c(OC)cccc1OC.CCC(CC)Cn1nc(C(=O)N[C@H](CC(=O)Nc2ccc(F)cc2)CC(C)C)cc1-c1c(OC)cccc1OC.COc1cccc(OC)c1-c1cc(C(=O)N[C@H](CC(=O)Nc2ccc(F)cc2)CC(C)C)nn1C(C)C(C)C. The number of halogens is 3. The van der Waals surface area contributed by atoms with Gasteiger partial charge in [-0.25, -0.2) is 13.2 Å². The monoisotopic (exact) mass is 1630 g/mol. The molecule has 3 heterocycles. The van der Waals surface area contributed by atoms with Crippen molar-refractivity contribution in [1.29, 1.82) is 0 Å².